The van der Waals surface area contributed by atoms with Crippen LogP contribution in [0.2, 0.25) is 0 Å². The van der Waals surface area contributed by atoms with Gasteiger partial charge in [-0.2, -0.15) is 0 Å². The average molecular weight is 568 g/mol. The van der Waals surface area contributed by atoms with E-state index in [2.05, 4.69) is 11.5 Å². The van der Waals surface area contributed by atoms with Crippen molar-refractivity contribution in [3.8, 4) is 22.6 Å². The van der Waals surface area contributed by atoms with Gasteiger partial charge in [0.25, 0.3) is 0 Å². The molecule has 0 saturated heterocycles. The van der Waals surface area contributed by atoms with Gasteiger partial charge >= 0.3 is 5.97 Å². The Balaban J connectivity index is 1.85. The van der Waals surface area contributed by atoms with Gasteiger partial charge in [-0.05, 0) is 66.6 Å². The van der Waals surface area contributed by atoms with Crippen LogP contribution < -0.4 is 4.74 Å². The number of benzene rings is 4. The van der Waals surface area contributed by atoms with Crippen molar-refractivity contribution in [1.82, 2.24) is 4.57 Å². The third-order valence-electron chi connectivity index (χ3n) is 7.37. The molecule has 6 nitrogen and oxygen atoms in total. The topological polar surface area (TPSA) is 58.9 Å². The van der Waals surface area contributed by atoms with Crippen molar-refractivity contribution in [3.63, 3.8) is 0 Å². The molecular formula is C35H34FNO5. The number of esters is 1. The summed E-state index contributed by atoms with van der Waals surface area (Å²) in [5.74, 6) is -0.0347. The number of carbonyl (C=O) groups excluding carboxylic acids is 1. The summed E-state index contributed by atoms with van der Waals surface area (Å²) < 4.78 is 39.2. The van der Waals surface area contributed by atoms with Crippen molar-refractivity contribution in [3.05, 3.63) is 120 Å². The number of halogens is 1. The van der Waals surface area contributed by atoms with Crippen LogP contribution in [0.1, 0.15) is 28.5 Å². The summed E-state index contributed by atoms with van der Waals surface area (Å²) in [6.07, 6.45) is 0. The molecule has 4 aromatic carbocycles. The maximum absolute atomic E-state index is 14.1. The second-order valence-electron chi connectivity index (χ2n) is 10.5. The van der Waals surface area contributed by atoms with Gasteiger partial charge in [0.15, 0.2) is 0 Å². The van der Waals surface area contributed by atoms with Crippen LogP contribution in [-0.2, 0) is 26.2 Å². The smallest absolute Gasteiger partial charge is 0.337 e. The molecule has 0 spiro atoms. The Bertz CT molecular complexity index is 1650. The molecule has 0 aliphatic heterocycles. The number of ether oxygens (including phenoxy) is 4. The van der Waals surface area contributed by atoms with E-state index in [1.54, 1.807) is 38.5 Å². The SMILES string of the molecule is COCC(C)(COC)c1c(-c2ccc(C(=O)OC)cc2)c2c(OCc3ccccc3)cccc2n1-c1ccc(F)cc1. The van der Waals surface area contributed by atoms with E-state index >= 15 is 0 Å². The Kier molecular flexibility index (Phi) is 8.71. The predicted octanol–water partition coefficient (Wildman–Crippen LogP) is 7.35. The van der Waals surface area contributed by atoms with Crippen molar-refractivity contribution in [2.24, 2.45) is 0 Å². The van der Waals surface area contributed by atoms with E-state index in [4.69, 9.17) is 18.9 Å². The van der Waals surface area contributed by atoms with Crippen LogP contribution in [0.25, 0.3) is 27.7 Å². The standard InChI is InChI=1S/C35H34FNO5/c1-35(22-39-2,23-40-3)33-31(25-13-15-26(16-14-25)34(38)41-4)32-29(37(33)28-19-17-27(36)18-20-28)11-8-12-30(32)42-21-24-9-6-5-7-10-24/h5-20H,21-23H2,1-4H3. The lowest BCUT2D eigenvalue weighted by atomic mass is 9.83. The molecule has 0 radical (unpaired) electrons. The number of hydrogen-bond acceptors (Lipinski definition) is 5. The van der Waals surface area contributed by atoms with Crippen molar-refractivity contribution in [1.29, 1.82) is 0 Å². The van der Waals surface area contributed by atoms with Gasteiger partial charge in [0.2, 0.25) is 0 Å². The predicted molar refractivity (Wildman–Crippen MR) is 162 cm³/mol. The number of fused-ring (bicyclic) bond motifs is 1. The van der Waals surface area contributed by atoms with Crippen LogP contribution in [0.3, 0.4) is 0 Å². The van der Waals surface area contributed by atoms with E-state index < -0.39 is 11.4 Å². The Morgan fingerprint density at radius 1 is 0.810 bits per heavy atom. The number of rotatable bonds is 11. The van der Waals surface area contributed by atoms with Gasteiger partial charge in [-0.15, -0.1) is 0 Å². The fourth-order valence-corrected chi connectivity index (χ4v) is 5.58. The van der Waals surface area contributed by atoms with E-state index in [0.717, 1.165) is 39.0 Å². The highest BCUT2D eigenvalue weighted by molar-refractivity contribution is 6.04. The van der Waals surface area contributed by atoms with Gasteiger partial charge in [0.05, 0.1) is 42.2 Å². The molecule has 7 heteroatoms. The molecule has 5 rings (SSSR count). The van der Waals surface area contributed by atoms with Crippen LogP contribution in [0.4, 0.5) is 4.39 Å². The van der Waals surface area contributed by atoms with Gasteiger partial charge in [0, 0.05) is 31.2 Å². The molecule has 5 aromatic rings. The number of methoxy groups -OCH3 is 3. The first kappa shape index (κ1) is 29.0. The highest BCUT2D eigenvalue weighted by atomic mass is 19.1. The molecule has 1 aromatic heterocycles. The van der Waals surface area contributed by atoms with E-state index in [1.165, 1.54) is 19.2 Å². The van der Waals surface area contributed by atoms with E-state index in [9.17, 15) is 9.18 Å². The summed E-state index contributed by atoms with van der Waals surface area (Å²) in [5, 5.41) is 0.886. The zero-order chi connectivity index (χ0) is 29.7. The fourth-order valence-electron chi connectivity index (χ4n) is 5.58. The Labute approximate surface area is 245 Å². The van der Waals surface area contributed by atoms with Gasteiger partial charge in [-0.3, -0.25) is 0 Å². The zero-order valence-electron chi connectivity index (χ0n) is 24.2. The first-order valence-electron chi connectivity index (χ1n) is 13.7. The lowest BCUT2D eigenvalue weighted by Gasteiger charge is -2.31. The fraction of sp³-hybridized carbons (Fsp3) is 0.229. The minimum Gasteiger partial charge on any atom is -0.488 e. The number of carbonyl (C=O) groups is 1. The molecule has 0 aliphatic carbocycles. The largest absolute Gasteiger partial charge is 0.488 e. The number of nitrogens with zero attached hydrogens (tertiary/aromatic N) is 1. The molecule has 0 amide bonds. The molecule has 0 aliphatic rings. The third-order valence-corrected chi connectivity index (χ3v) is 7.37. The van der Waals surface area contributed by atoms with Crippen molar-refractivity contribution in [2.45, 2.75) is 18.9 Å². The van der Waals surface area contributed by atoms with Gasteiger partial charge in [0.1, 0.15) is 18.2 Å². The van der Waals surface area contributed by atoms with Gasteiger partial charge in [-0.25, -0.2) is 9.18 Å². The molecular weight excluding hydrogens is 533 g/mol. The zero-order valence-corrected chi connectivity index (χ0v) is 24.2. The first-order valence-corrected chi connectivity index (χ1v) is 13.7. The molecule has 0 N–H and O–H groups in total. The van der Waals surface area contributed by atoms with Crippen LogP contribution >= 0.6 is 0 Å². The monoisotopic (exact) mass is 567 g/mol. The second kappa shape index (κ2) is 12.6. The molecule has 216 valence electrons. The van der Waals surface area contributed by atoms with Crippen molar-refractivity contribution in [2.75, 3.05) is 34.5 Å². The number of hydrogen-bond donors (Lipinski definition) is 0. The lowest BCUT2D eigenvalue weighted by Crippen LogP contribution is -2.35. The normalized spacial score (nSPS) is 11.5. The number of aromatic nitrogens is 1. The average Bonchev–Trinajstić information content (AvgIpc) is 3.37. The van der Waals surface area contributed by atoms with Gasteiger partial charge in [-0.1, -0.05) is 48.5 Å². The highest BCUT2D eigenvalue weighted by Gasteiger charge is 2.37. The molecule has 0 unspecified atom stereocenters. The summed E-state index contributed by atoms with van der Waals surface area (Å²) >= 11 is 0. The maximum atomic E-state index is 14.1. The molecule has 0 atom stereocenters. The van der Waals surface area contributed by atoms with Crippen LogP contribution in [0.5, 0.6) is 5.75 Å². The molecule has 0 saturated carbocycles. The molecule has 1 heterocycles. The first-order chi connectivity index (χ1) is 20.4. The van der Waals surface area contributed by atoms with Crippen molar-refractivity contribution < 1.29 is 28.1 Å². The second-order valence-corrected chi connectivity index (χ2v) is 10.5. The van der Waals surface area contributed by atoms with Gasteiger partial charge < -0.3 is 23.5 Å². The summed E-state index contributed by atoms with van der Waals surface area (Å²) in [4.78, 5) is 12.3. The quantitative estimate of drug-likeness (QED) is 0.156. The molecule has 0 fully saturated rings. The molecule has 0 bridgehead atoms. The van der Waals surface area contributed by atoms with E-state index in [0.29, 0.717) is 31.1 Å². The van der Waals surface area contributed by atoms with Crippen LogP contribution in [-0.4, -0.2) is 45.1 Å². The minimum absolute atomic E-state index is 0.321. The summed E-state index contributed by atoms with van der Waals surface area (Å²) in [7, 11) is 4.69. The van der Waals surface area contributed by atoms with E-state index in [1.807, 2.05) is 60.7 Å². The Morgan fingerprint density at radius 2 is 1.48 bits per heavy atom. The van der Waals surface area contributed by atoms with Crippen LogP contribution in [0, 0.1) is 5.82 Å². The summed E-state index contributed by atoms with van der Waals surface area (Å²) in [6.45, 7) is 3.17. The summed E-state index contributed by atoms with van der Waals surface area (Å²) in [5.41, 5.74) is 5.21. The Morgan fingerprint density at radius 3 is 2.10 bits per heavy atom. The highest BCUT2D eigenvalue weighted by Crippen LogP contribution is 2.46. The minimum atomic E-state index is -0.635. The van der Waals surface area contributed by atoms with Crippen LogP contribution in [0.15, 0.2) is 97.1 Å². The van der Waals surface area contributed by atoms with E-state index in [-0.39, 0.29) is 5.82 Å². The summed E-state index contributed by atoms with van der Waals surface area (Å²) in [6, 6.07) is 29.7. The lowest BCUT2D eigenvalue weighted by molar-refractivity contribution is 0.0600. The maximum Gasteiger partial charge on any atom is 0.337 e. The Hall–Kier alpha value is -4.46. The third kappa shape index (κ3) is 5.66. The van der Waals surface area contributed by atoms with Crippen molar-refractivity contribution >= 4 is 16.9 Å². The molecule has 42 heavy (non-hydrogen) atoms.